The summed E-state index contributed by atoms with van der Waals surface area (Å²) in [5.74, 6) is -0.584. The van der Waals surface area contributed by atoms with Gasteiger partial charge in [0.25, 0.3) is 0 Å². The lowest BCUT2D eigenvalue weighted by atomic mass is 9.99. The second-order valence-corrected chi connectivity index (χ2v) is 21.8. The molecule has 0 rings (SSSR count). The summed E-state index contributed by atoms with van der Waals surface area (Å²) >= 11 is 0. The number of amides is 1. The van der Waals surface area contributed by atoms with Crippen molar-refractivity contribution >= 4 is 5.91 Å². The third-order valence-corrected chi connectivity index (χ3v) is 15.0. The van der Waals surface area contributed by atoms with E-state index in [1.165, 1.54) is 270 Å². The summed E-state index contributed by atoms with van der Waals surface area (Å²) in [6.45, 7) is 4.06. The number of hydrogen-bond donors (Lipinski definition) is 5. The highest BCUT2D eigenvalue weighted by atomic mass is 16.3. The maximum Gasteiger partial charge on any atom is 0.249 e. The lowest BCUT2D eigenvalue weighted by Gasteiger charge is -2.27. The fourth-order valence-corrected chi connectivity index (χ4v) is 10.1. The van der Waals surface area contributed by atoms with Crippen molar-refractivity contribution in [2.75, 3.05) is 6.61 Å². The van der Waals surface area contributed by atoms with Gasteiger partial charge in [0.2, 0.25) is 5.91 Å². The van der Waals surface area contributed by atoms with Gasteiger partial charge < -0.3 is 25.7 Å². The van der Waals surface area contributed by atoms with Crippen LogP contribution >= 0.6 is 0 Å². The van der Waals surface area contributed by atoms with E-state index in [4.69, 9.17) is 0 Å². The Morgan fingerprint density at radius 2 is 0.588 bits per heavy atom. The van der Waals surface area contributed by atoms with Gasteiger partial charge in [-0.1, -0.05) is 321 Å². The van der Waals surface area contributed by atoms with Crippen LogP contribution < -0.4 is 5.32 Å². The average Bonchev–Trinajstić information content (AvgIpc) is 3.34. The molecule has 0 saturated carbocycles. The highest BCUT2D eigenvalue weighted by Crippen LogP contribution is 2.19. The quantitative estimate of drug-likeness (QED) is 0.0308. The van der Waals surface area contributed by atoms with Crippen LogP contribution in [0.2, 0.25) is 0 Å². The molecule has 406 valence electrons. The summed E-state index contributed by atoms with van der Waals surface area (Å²) in [5, 5.41) is 43.8. The number of carbonyl (C=O) groups excluding carboxylic acids is 1. The molecule has 1 amide bonds. The fourth-order valence-electron chi connectivity index (χ4n) is 10.1. The minimum atomic E-state index is -1.27. The first kappa shape index (κ1) is 67.0. The van der Waals surface area contributed by atoms with E-state index in [1.807, 2.05) is 0 Å². The number of carbonyl (C=O) groups is 1. The molecule has 0 unspecified atom stereocenters. The minimum absolute atomic E-state index is 0.371. The molecule has 4 atom stereocenters. The predicted octanol–water partition coefficient (Wildman–Crippen LogP) is 18.4. The van der Waals surface area contributed by atoms with Gasteiger partial charge in [0.1, 0.15) is 12.2 Å². The van der Waals surface area contributed by atoms with E-state index in [9.17, 15) is 25.2 Å². The Bertz CT molecular complexity index is 990. The number of nitrogens with one attached hydrogen (secondary N) is 1. The van der Waals surface area contributed by atoms with Crippen LogP contribution in [0.5, 0.6) is 0 Å². The maximum atomic E-state index is 12.6. The van der Waals surface area contributed by atoms with E-state index < -0.39 is 36.9 Å². The predicted molar refractivity (Wildman–Crippen MR) is 298 cm³/mol. The second kappa shape index (κ2) is 57.0. The highest BCUT2D eigenvalue weighted by molar-refractivity contribution is 5.80. The van der Waals surface area contributed by atoms with Gasteiger partial charge in [-0.3, -0.25) is 4.79 Å². The van der Waals surface area contributed by atoms with Crippen molar-refractivity contribution in [2.24, 2.45) is 0 Å². The molecule has 68 heavy (non-hydrogen) atoms. The molecule has 6 nitrogen and oxygen atoms in total. The summed E-state index contributed by atoms with van der Waals surface area (Å²) in [6, 6.07) is -0.991. The molecule has 6 heteroatoms. The molecule has 0 heterocycles. The molecular formula is C62H123NO5. The van der Waals surface area contributed by atoms with Crippen LogP contribution in [0.15, 0.2) is 12.2 Å². The van der Waals surface area contributed by atoms with Crippen LogP contribution in [0.3, 0.4) is 0 Å². The summed E-state index contributed by atoms with van der Waals surface area (Å²) in [4.78, 5) is 12.6. The average molecular weight is 963 g/mol. The Balaban J connectivity index is 3.43. The SMILES string of the molecule is CCCCCCC/C=C/CCCCC[C@@H](O)[C@@H](O)[C@H](CO)NC(=O)[C@H](O)CCCCCCCCCCCCCCCCCCCCCCCCCCCCCCCCCCCCCCCCCC. The van der Waals surface area contributed by atoms with Gasteiger partial charge in [-0.05, 0) is 38.5 Å². The van der Waals surface area contributed by atoms with Crippen LogP contribution in [0, 0.1) is 0 Å². The lowest BCUT2D eigenvalue weighted by molar-refractivity contribution is -0.132. The smallest absolute Gasteiger partial charge is 0.249 e. The van der Waals surface area contributed by atoms with Gasteiger partial charge in [-0.2, -0.15) is 0 Å². The van der Waals surface area contributed by atoms with Gasteiger partial charge in [0, 0.05) is 0 Å². The highest BCUT2D eigenvalue weighted by Gasteiger charge is 2.28. The number of unbranched alkanes of at least 4 members (excludes halogenated alkanes) is 47. The standard InChI is InChI=1S/C62H123NO5/c1-3-5-7-9-11-13-15-17-18-19-20-21-22-23-24-25-26-27-28-29-30-31-32-33-34-35-36-37-38-39-40-41-42-43-44-46-48-50-52-54-56-60(66)62(68)63-58(57-64)61(67)59(65)55-53-51-49-47-45-16-14-12-10-8-6-4-2/h16,45,58-61,64-67H,3-15,17-44,46-57H2,1-2H3,(H,63,68)/b45-16+/t58-,59+,60+,61-/m0/s1. The van der Waals surface area contributed by atoms with Crippen molar-refractivity contribution in [3.05, 3.63) is 12.2 Å². The van der Waals surface area contributed by atoms with Crippen LogP contribution in [-0.4, -0.2) is 57.3 Å². The van der Waals surface area contributed by atoms with Crippen LogP contribution in [0.25, 0.3) is 0 Å². The minimum Gasteiger partial charge on any atom is -0.394 e. The molecule has 0 bridgehead atoms. The largest absolute Gasteiger partial charge is 0.394 e. The molecule has 0 spiro atoms. The Morgan fingerprint density at radius 1 is 0.353 bits per heavy atom. The normalized spacial score (nSPS) is 13.7. The first-order chi connectivity index (χ1) is 33.5. The van der Waals surface area contributed by atoms with Crippen molar-refractivity contribution in [3.8, 4) is 0 Å². The Hall–Kier alpha value is -0.950. The van der Waals surface area contributed by atoms with Crippen molar-refractivity contribution in [3.63, 3.8) is 0 Å². The van der Waals surface area contributed by atoms with Gasteiger partial charge >= 0.3 is 0 Å². The number of rotatable bonds is 58. The Morgan fingerprint density at radius 3 is 0.868 bits per heavy atom. The van der Waals surface area contributed by atoms with E-state index in [0.717, 1.165) is 51.4 Å². The molecule has 0 fully saturated rings. The van der Waals surface area contributed by atoms with Gasteiger partial charge in [0.15, 0.2) is 0 Å². The molecule has 5 N–H and O–H groups in total. The monoisotopic (exact) mass is 962 g/mol. The van der Waals surface area contributed by atoms with E-state index in [1.54, 1.807) is 0 Å². The third kappa shape index (κ3) is 50.0. The first-order valence-electron chi connectivity index (χ1n) is 31.1. The summed E-state index contributed by atoms with van der Waals surface area (Å²) < 4.78 is 0. The topological polar surface area (TPSA) is 110 Å². The van der Waals surface area contributed by atoms with Crippen molar-refractivity contribution in [1.82, 2.24) is 5.32 Å². The van der Waals surface area contributed by atoms with E-state index in [2.05, 4.69) is 31.3 Å². The zero-order valence-corrected chi connectivity index (χ0v) is 46.1. The third-order valence-electron chi connectivity index (χ3n) is 15.0. The van der Waals surface area contributed by atoms with Gasteiger partial charge in [0.05, 0.1) is 18.8 Å². The Labute approximate surface area is 425 Å². The number of aliphatic hydroxyl groups excluding tert-OH is 4. The second-order valence-electron chi connectivity index (χ2n) is 21.8. The molecule has 0 radical (unpaired) electrons. The summed E-state index contributed by atoms with van der Waals surface area (Å²) in [7, 11) is 0. The number of hydrogen-bond acceptors (Lipinski definition) is 5. The first-order valence-corrected chi connectivity index (χ1v) is 31.1. The molecule has 0 aliphatic rings. The molecule has 0 aromatic carbocycles. The molecule has 0 aliphatic carbocycles. The fraction of sp³-hybridized carbons (Fsp3) is 0.952. The molecule has 0 aromatic heterocycles. The van der Waals surface area contributed by atoms with E-state index >= 15 is 0 Å². The summed E-state index contributed by atoms with van der Waals surface area (Å²) in [6.07, 6.45) is 69.1. The van der Waals surface area contributed by atoms with Crippen molar-refractivity contribution in [2.45, 2.75) is 372 Å². The van der Waals surface area contributed by atoms with Crippen LogP contribution in [0.4, 0.5) is 0 Å². The lowest BCUT2D eigenvalue weighted by Crippen LogP contribution is -2.53. The zero-order chi connectivity index (χ0) is 49.5. The Kier molecular flexibility index (Phi) is 56.2. The molecule has 0 aliphatic heterocycles. The van der Waals surface area contributed by atoms with Crippen molar-refractivity contribution in [1.29, 1.82) is 0 Å². The number of allylic oxidation sites excluding steroid dienone is 2. The van der Waals surface area contributed by atoms with Crippen LogP contribution in [0.1, 0.15) is 348 Å². The summed E-state index contributed by atoms with van der Waals surface area (Å²) in [5.41, 5.74) is 0. The van der Waals surface area contributed by atoms with Gasteiger partial charge in [-0.25, -0.2) is 0 Å². The molecule has 0 saturated heterocycles. The van der Waals surface area contributed by atoms with E-state index in [0.29, 0.717) is 12.8 Å². The van der Waals surface area contributed by atoms with E-state index in [-0.39, 0.29) is 0 Å². The molecule has 0 aromatic rings. The van der Waals surface area contributed by atoms with Gasteiger partial charge in [-0.15, -0.1) is 0 Å². The zero-order valence-electron chi connectivity index (χ0n) is 46.1. The number of aliphatic hydroxyl groups is 4. The van der Waals surface area contributed by atoms with Crippen molar-refractivity contribution < 1.29 is 25.2 Å². The van der Waals surface area contributed by atoms with Crippen LogP contribution in [-0.2, 0) is 4.79 Å². The molecular weight excluding hydrogens is 839 g/mol. The maximum absolute atomic E-state index is 12.6.